The number of hydrogen-bond acceptors (Lipinski definition) is 13. The van der Waals surface area contributed by atoms with Gasteiger partial charge in [0.2, 0.25) is 0 Å². The summed E-state index contributed by atoms with van der Waals surface area (Å²) in [6, 6.07) is 62.9. The summed E-state index contributed by atoms with van der Waals surface area (Å²) in [6.07, 6.45) is 47.7. The first-order chi connectivity index (χ1) is 62.8. The molecule has 0 N–H and O–H groups in total. The molecular formula is C110H132N10O4SSe2. The Balaban J connectivity index is 0.815. The molecule has 0 saturated heterocycles. The van der Waals surface area contributed by atoms with Gasteiger partial charge in [-0.3, -0.25) is 0 Å². The van der Waals surface area contributed by atoms with E-state index in [1.54, 1.807) is 0 Å². The molecule has 8 aromatic carbocycles. The Bertz CT molecular complexity index is 5700. The zero-order valence-corrected chi connectivity index (χ0v) is 80.6. The average molecular weight is 1850 g/mol. The third kappa shape index (κ3) is 21.8. The molecule has 0 bridgehead atoms. The maximum atomic E-state index is 6.43. The van der Waals surface area contributed by atoms with Crippen LogP contribution < -0.4 is 28.7 Å². The van der Waals surface area contributed by atoms with Gasteiger partial charge in [-0.15, -0.1) is 0 Å². The van der Waals surface area contributed by atoms with Crippen LogP contribution in [0.3, 0.4) is 0 Å². The first-order valence-corrected chi connectivity index (χ1v) is 53.1. The van der Waals surface area contributed by atoms with Gasteiger partial charge < -0.3 is 0 Å². The van der Waals surface area contributed by atoms with Crippen molar-refractivity contribution in [1.29, 1.82) is 0 Å². The van der Waals surface area contributed by atoms with Crippen molar-refractivity contribution in [2.75, 3.05) is 36.2 Å². The van der Waals surface area contributed by atoms with Crippen molar-refractivity contribution in [3.05, 3.63) is 182 Å². The first kappa shape index (κ1) is 90.7. The van der Waals surface area contributed by atoms with Crippen molar-refractivity contribution in [2.24, 2.45) is 0 Å². The minimum absolute atomic E-state index is 0.186. The molecule has 0 amide bonds. The number of nitrogens with zero attached hydrogens (tertiary/aromatic N) is 10. The predicted octanol–water partition coefficient (Wildman–Crippen LogP) is 32.2. The number of aryl methyl sites for hydroxylation is 2. The number of benzene rings is 8. The van der Waals surface area contributed by atoms with Crippen LogP contribution in [0.5, 0.6) is 23.0 Å². The first-order valence-electron chi connectivity index (χ1n) is 48.9. The Kier molecular flexibility index (Phi) is 32.9. The van der Waals surface area contributed by atoms with Gasteiger partial charge in [-0.25, -0.2) is 0 Å². The van der Waals surface area contributed by atoms with E-state index in [4.69, 9.17) is 47.6 Å². The van der Waals surface area contributed by atoms with E-state index in [1.165, 1.54) is 255 Å². The van der Waals surface area contributed by atoms with Gasteiger partial charge in [0, 0.05) is 0 Å². The van der Waals surface area contributed by atoms with Gasteiger partial charge >= 0.3 is 593 Å². The molecule has 127 heavy (non-hydrogen) atoms. The molecule has 16 rings (SSSR count). The van der Waals surface area contributed by atoms with Crippen molar-refractivity contribution in [3.63, 3.8) is 0 Å². The van der Waals surface area contributed by atoms with E-state index in [2.05, 4.69) is 218 Å². The third-order valence-corrected chi connectivity index (χ3v) is 31.1. The second kappa shape index (κ2) is 46.1. The molecule has 0 radical (unpaired) electrons. The molecule has 0 aliphatic rings. The van der Waals surface area contributed by atoms with Gasteiger partial charge in [-0.1, -0.05) is 156 Å². The fraction of sp³-hybridized carbons (Fsp3) is 0.436. The van der Waals surface area contributed by atoms with Crippen LogP contribution in [-0.2, 0) is 13.1 Å². The number of hydrogen-bond donors (Lipinski definition) is 0. The quantitative estimate of drug-likeness (QED) is 0.0156. The van der Waals surface area contributed by atoms with Crippen LogP contribution >= 0.6 is 11.7 Å². The summed E-state index contributed by atoms with van der Waals surface area (Å²) in [4.78, 5) is 27.2. The molecule has 14 nitrogen and oxygen atoms in total. The number of rotatable bonds is 54. The Labute approximate surface area is 769 Å². The molecule has 16 aromatic rings. The van der Waals surface area contributed by atoms with E-state index in [0.717, 1.165) is 201 Å². The summed E-state index contributed by atoms with van der Waals surface area (Å²) < 4.78 is 47.2. The molecule has 0 unspecified atom stereocenters. The van der Waals surface area contributed by atoms with Gasteiger partial charge in [0.25, 0.3) is 0 Å². The number of ether oxygens (including phenoxy) is 4. The van der Waals surface area contributed by atoms with Crippen LogP contribution in [0.1, 0.15) is 273 Å². The van der Waals surface area contributed by atoms with Crippen LogP contribution in [0.2, 0.25) is 0 Å². The monoisotopic (exact) mass is 1850 g/mol. The van der Waals surface area contributed by atoms with Crippen LogP contribution in [0.4, 0.5) is 34.1 Å². The fourth-order valence-electron chi connectivity index (χ4n) is 18.7. The zero-order valence-electron chi connectivity index (χ0n) is 76.3. The summed E-state index contributed by atoms with van der Waals surface area (Å²) >= 11 is 0.932. The van der Waals surface area contributed by atoms with E-state index in [9.17, 15) is 0 Å². The van der Waals surface area contributed by atoms with Crippen molar-refractivity contribution in [2.45, 2.75) is 286 Å². The topological polar surface area (TPSA) is 131 Å². The Morgan fingerprint density at radius 1 is 0.276 bits per heavy atom. The number of fused-ring (bicyclic) bond motifs is 14. The Hall–Kier alpha value is -9.60. The predicted molar refractivity (Wildman–Crippen MR) is 541 cm³/mol. The molecule has 17 heteroatoms. The Morgan fingerprint density at radius 2 is 0.567 bits per heavy atom. The molecule has 0 aliphatic carbocycles. The molecule has 8 heterocycles. The van der Waals surface area contributed by atoms with Gasteiger partial charge in [0.15, 0.2) is 0 Å². The van der Waals surface area contributed by atoms with Crippen LogP contribution in [0.15, 0.2) is 182 Å². The van der Waals surface area contributed by atoms with Gasteiger partial charge in [0.05, 0.1) is 0 Å². The summed E-state index contributed by atoms with van der Waals surface area (Å²) in [6.45, 7) is 18.4. The minimum atomic E-state index is -0.186. The fourth-order valence-corrected chi connectivity index (χ4v) is 24.5. The summed E-state index contributed by atoms with van der Waals surface area (Å²) in [5.74, 6) is 3.61. The van der Waals surface area contributed by atoms with Crippen LogP contribution in [0, 0.1) is 0 Å². The maximum absolute atomic E-state index is 6.43. The van der Waals surface area contributed by atoms with Crippen LogP contribution in [-0.4, -0.2) is 93.3 Å². The number of pyridine rings is 2. The Morgan fingerprint density at radius 3 is 0.882 bits per heavy atom. The SMILES string of the molecule is CCCCCCCCOc1ccc(N(c2ccc(OCCCCCCCC)cc2)c2ccc3c4[se]c(-c5c6nsnc6c(-c6cc7c([se]6)c6ccc(N(c8ccc(OCCCCCCCC)cc8)c8ccc(OCCCCCCCC)cc8)cc6n7CCCCCCCC)c6nc7c8ncccc8c8cccnc8c7nc56)cc4n(CCCCCCCC)c3c2)cc1. The second-order valence-corrected chi connectivity index (χ2v) is 40.1. The van der Waals surface area contributed by atoms with Crippen molar-refractivity contribution in [3.8, 4) is 43.0 Å². The summed E-state index contributed by atoms with van der Waals surface area (Å²) in [7, 11) is 0. The van der Waals surface area contributed by atoms with E-state index < -0.39 is 0 Å². The standard InChI is InChI=1S/C110H132N10O4SSe2/c1-7-13-19-25-31-37-69-117-93-75-83(119(79-47-57-85(58-48-79)121-71-39-33-27-21-15-9-3)80-49-59-86(60-50-80)122-72-40-34-28-22-16-10-4)55-65-91(93)109-95(117)77-97(126-109)99-103-104(114-108-102-90(46-44-68-112-102)89-45-43-67-111-101(89)107(108)113-103)100(106-105(99)115-125-116-106)98-78-96-110(127-98)92-66-56-84(76-94(92)118(96)70-38-32-26-20-14-8-2)120(81-51-61-87(62-52-81)123-73-41-35-29-23-17-11-5)82-53-63-88(64-54-82)124-74-42-36-30-24-18-12-6/h43-68,75-78H,7-42,69-74H2,1-6H3. The molecule has 664 valence electrons. The van der Waals surface area contributed by atoms with E-state index in [0.29, 0.717) is 0 Å². The van der Waals surface area contributed by atoms with Gasteiger partial charge in [-0.2, -0.15) is 0 Å². The van der Waals surface area contributed by atoms with Crippen LogP contribution in [0.25, 0.3) is 116 Å². The van der Waals surface area contributed by atoms with Gasteiger partial charge in [-0.05, 0) is 25.7 Å². The van der Waals surface area contributed by atoms with E-state index >= 15 is 0 Å². The summed E-state index contributed by atoms with van der Waals surface area (Å²) in [5.41, 5.74) is 20.1. The number of unbranched alkanes of at least 4 members (excludes halogenated alkanes) is 30. The molecule has 0 saturated carbocycles. The molecule has 0 fully saturated rings. The summed E-state index contributed by atoms with van der Waals surface area (Å²) in [5, 5.41) is 4.58. The van der Waals surface area contributed by atoms with Crippen molar-refractivity contribution < 1.29 is 18.9 Å². The normalized spacial score (nSPS) is 11.9. The number of aromatic nitrogens is 8. The van der Waals surface area contributed by atoms with E-state index in [1.807, 2.05) is 24.5 Å². The zero-order chi connectivity index (χ0) is 86.9. The number of anilines is 6. The van der Waals surface area contributed by atoms with Crippen molar-refractivity contribution in [1.82, 2.24) is 37.8 Å². The second-order valence-electron chi connectivity index (χ2n) is 35.1. The van der Waals surface area contributed by atoms with Gasteiger partial charge in [0.1, 0.15) is 0 Å². The van der Waals surface area contributed by atoms with Crippen molar-refractivity contribution >= 4 is 171 Å². The molecule has 8 aromatic heterocycles. The average Bonchev–Trinajstić information content (AvgIpc) is 1.61. The molecular weight excluding hydrogens is 1720 g/mol. The molecule has 0 atom stereocenters. The van der Waals surface area contributed by atoms with E-state index in [-0.39, 0.29) is 29.0 Å². The molecule has 0 aliphatic heterocycles. The molecule has 0 spiro atoms. The third-order valence-electron chi connectivity index (χ3n) is 25.7.